The maximum Gasteiger partial charge on any atom is 0.292 e. The second kappa shape index (κ2) is 10.1. The van der Waals surface area contributed by atoms with Gasteiger partial charge in [0.15, 0.2) is 0 Å². The number of hydrogen-bond donors (Lipinski definition) is 0. The average Bonchev–Trinajstić information content (AvgIpc) is 2.84. The maximum atomic E-state index is 8.86. The lowest BCUT2D eigenvalue weighted by molar-refractivity contribution is 0.377. The molecule has 0 aliphatic heterocycles. The molecule has 0 amide bonds. The van der Waals surface area contributed by atoms with Crippen molar-refractivity contribution in [3.8, 4) is 24.0 Å². The molecule has 3 aromatic carbocycles. The highest BCUT2D eigenvalue weighted by atomic mass is 16.5. The Morgan fingerprint density at radius 1 is 0.794 bits per heavy atom. The summed E-state index contributed by atoms with van der Waals surface area (Å²) in [6.07, 6.45) is 13.0. The fourth-order valence-corrected chi connectivity index (χ4v) is 4.67. The van der Waals surface area contributed by atoms with Crippen LogP contribution < -0.4 is 9.47 Å². The Bertz CT molecular complexity index is 1260. The monoisotopic (exact) mass is 446 g/mol. The summed E-state index contributed by atoms with van der Waals surface area (Å²) in [5.74, 6) is 1.18. The summed E-state index contributed by atoms with van der Waals surface area (Å²) in [5, 5.41) is 17.7. The van der Waals surface area contributed by atoms with Gasteiger partial charge in [-0.15, -0.1) is 10.5 Å². The first-order chi connectivity index (χ1) is 16.5. The standard InChI is InChI=1S/C30H26N2O2/c1-22-16-24(8-10-28(22)33-20-31)18-30(19-25-9-11-29(34-21-32)23(2)17-25)14-12-27(13-15-30)26-6-4-3-5-7-26/h3-14,16-17H,15,18-19H2,1-2H3. The Hall–Kier alpha value is -4.28. The van der Waals surface area contributed by atoms with Crippen LogP contribution in [0.15, 0.2) is 85.0 Å². The van der Waals surface area contributed by atoms with E-state index in [0.29, 0.717) is 11.5 Å². The van der Waals surface area contributed by atoms with E-state index in [1.165, 1.54) is 22.3 Å². The molecule has 4 heteroatoms. The van der Waals surface area contributed by atoms with Crippen LogP contribution in [0.2, 0.25) is 0 Å². The first-order valence-corrected chi connectivity index (χ1v) is 11.3. The zero-order chi connectivity index (χ0) is 24.0. The van der Waals surface area contributed by atoms with Crippen molar-refractivity contribution >= 4 is 5.57 Å². The van der Waals surface area contributed by atoms with Crippen molar-refractivity contribution in [2.75, 3.05) is 0 Å². The smallest absolute Gasteiger partial charge is 0.292 e. The van der Waals surface area contributed by atoms with E-state index < -0.39 is 0 Å². The predicted octanol–water partition coefficient (Wildman–Crippen LogP) is 6.84. The summed E-state index contributed by atoms with van der Waals surface area (Å²) in [6.45, 7) is 3.93. The molecule has 1 aliphatic rings. The number of hydrogen-bond acceptors (Lipinski definition) is 4. The molecule has 0 unspecified atom stereocenters. The van der Waals surface area contributed by atoms with Crippen molar-refractivity contribution in [3.63, 3.8) is 0 Å². The number of aryl methyl sites for hydroxylation is 2. The van der Waals surface area contributed by atoms with E-state index in [2.05, 4.69) is 54.6 Å². The number of nitrogens with zero attached hydrogens (tertiary/aromatic N) is 2. The van der Waals surface area contributed by atoms with Crippen LogP contribution >= 0.6 is 0 Å². The number of nitriles is 2. The van der Waals surface area contributed by atoms with Crippen LogP contribution in [0, 0.1) is 42.3 Å². The van der Waals surface area contributed by atoms with Gasteiger partial charge in [0.2, 0.25) is 0 Å². The Labute approximate surface area is 201 Å². The predicted molar refractivity (Wildman–Crippen MR) is 133 cm³/mol. The van der Waals surface area contributed by atoms with Crippen LogP contribution in [0.3, 0.4) is 0 Å². The lowest BCUT2D eigenvalue weighted by atomic mass is 9.71. The number of benzene rings is 3. The van der Waals surface area contributed by atoms with Crippen molar-refractivity contribution in [2.45, 2.75) is 33.1 Å². The van der Waals surface area contributed by atoms with Gasteiger partial charge in [0.25, 0.3) is 12.5 Å². The zero-order valence-electron chi connectivity index (χ0n) is 19.4. The van der Waals surface area contributed by atoms with Gasteiger partial charge in [-0.2, -0.15) is 0 Å². The number of allylic oxidation sites excluding steroid dienone is 4. The molecule has 1 aliphatic carbocycles. The molecule has 168 valence electrons. The van der Waals surface area contributed by atoms with Gasteiger partial charge in [-0.25, -0.2) is 0 Å². The normalized spacial score (nSPS) is 13.9. The van der Waals surface area contributed by atoms with E-state index in [9.17, 15) is 0 Å². The molecule has 4 nitrogen and oxygen atoms in total. The van der Waals surface area contributed by atoms with Gasteiger partial charge >= 0.3 is 0 Å². The summed E-state index contributed by atoms with van der Waals surface area (Å²) in [7, 11) is 0. The van der Waals surface area contributed by atoms with Gasteiger partial charge in [-0.1, -0.05) is 72.8 Å². The van der Waals surface area contributed by atoms with Crippen LogP contribution in [0.5, 0.6) is 11.5 Å². The maximum absolute atomic E-state index is 8.86. The van der Waals surface area contributed by atoms with Crippen molar-refractivity contribution in [1.82, 2.24) is 0 Å². The molecular weight excluding hydrogens is 420 g/mol. The third-order valence-electron chi connectivity index (χ3n) is 6.35. The van der Waals surface area contributed by atoms with Crippen molar-refractivity contribution in [3.05, 3.63) is 113 Å². The molecule has 0 atom stereocenters. The molecule has 0 radical (unpaired) electrons. The van der Waals surface area contributed by atoms with Gasteiger partial charge in [0.1, 0.15) is 11.5 Å². The van der Waals surface area contributed by atoms with Crippen LogP contribution in [0.1, 0.15) is 34.2 Å². The van der Waals surface area contributed by atoms with Gasteiger partial charge in [-0.3, -0.25) is 0 Å². The lowest BCUT2D eigenvalue weighted by Crippen LogP contribution is -2.25. The van der Waals surface area contributed by atoms with E-state index >= 15 is 0 Å². The van der Waals surface area contributed by atoms with E-state index in [1.54, 1.807) is 12.5 Å². The molecule has 4 rings (SSSR count). The van der Waals surface area contributed by atoms with E-state index in [4.69, 9.17) is 20.0 Å². The Morgan fingerprint density at radius 3 is 1.79 bits per heavy atom. The van der Waals surface area contributed by atoms with Gasteiger partial charge < -0.3 is 9.47 Å². The Morgan fingerprint density at radius 2 is 1.35 bits per heavy atom. The van der Waals surface area contributed by atoms with E-state index in [0.717, 1.165) is 30.4 Å². The van der Waals surface area contributed by atoms with Crippen molar-refractivity contribution in [2.24, 2.45) is 5.41 Å². The molecule has 0 heterocycles. The molecule has 0 bridgehead atoms. The quantitative estimate of drug-likeness (QED) is 0.373. The first-order valence-electron chi connectivity index (χ1n) is 11.3. The molecule has 0 saturated carbocycles. The Balaban J connectivity index is 1.65. The fourth-order valence-electron chi connectivity index (χ4n) is 4.67. The van der Waals surface area contributed by atoms with E-state index in [1.807, 2.05) is 44.2 Å². The summed E-state index contributed by atoms with van der Waals surface area (Å²) >= 11 is 0. The van der Waals surface area contributed by atoms with Crippen molar-refractivity contribution < 1.29 is 9.47 Å². The van der Waals surface area contributed by atoms with Gasteiger partial charge in [-0.05, 0) is 78.6 Å². The summed E-state index contributed by atoms with van der Waals surface area (Å²) in [5.41, 5.74) is 6.64. The SMILES string of the molecule is Cc1cc(CC2(Cc3ccc(OC#N)c(C)c3)C=CC(c3ccccc3)=CC2)ccc1OC#N. The largest absolute Gasteiger partial charge is 0.388 e. The minimum absolute atomic E-state index is 0.105. The van der Waals surface area contributed by atoms with Crippen LogP contribution in [0.4, 0.5) is 0 Å². The third kappa shape index (κ3) is 5.20. The molecular formula is C30H26N2O2. The van der Waals surface area contributed by atoms with Crippen LogP contribution in [-0.2, 0) is 12.8 Å². The highest BCUT2D eigenvalue weighted by molar-refractivity contribution is 5.75. The van der Waals surface area contributed by atoms with Crippen LogP contribution in [-0.4, -0.2) is 0 Å². The second-order valence-electron chi connectivity index (χ2n) is 8.87. The topological polar surface area (TPSA) is 66.0 Å². The third-order valence-corrected chi connectivity index (χ3v) is 6.35. The van der Waals surface area contributed by atoms with Gasteiger partial charge in [0.05, 0.1) is 0 Å². The second-order valence-corrected chi connectivity index (χ2v) is 8.87. The minimum Gasteiger partial charge on any atom is -0.388 e. The highest BCUT2D eigenvalue weighted by Gasteiger charge is 2.30. The van der Waals surface area contributed by atoms with Crippen LogP contribution in [0.25, 0.3) is 5.57 Å². The molecule has 0 spiro atoms. The summed E-state index contributed by atoms with van der Waals surface area (Å²) in [6, 6.07) is 22.5. The van der Waals surface area contributed by atoms with Crippen molar-refractivity contribution in [1.29, 1.82) is 10.5 Å². The molecule has 0 fully saturated rings. The van der Waals surface area contributed by atoms with E-state index in [-0.39, 0.29) is 5.41 Å². The molecule has 34 heavy (non-hydrogen) atoms. The highest BCUT2D eigenvalue weighted by Crippen LogP contribution is 2.40. The average molecular weight is 447 g/mol. The molecule has 3 aromatic rings. The van der Waals surface area contributed by atoms with Gasteiger partial charge in [0, 0.05) is 5.41 Å². The minimum atomic E-state index is -0.105. The first kappa shape index (κ1) is 22.9. The zero-order valence-corrected chi connectivity index (χ0v) is 19.4. The summed E-state index contributed by atoms with van der Waals surface area (Å²) in [4.78, 5) is 0. The Kier molecular flexibility index (Phi) is 6.81. The number of ether oxygens (including phenoxy) is 2. The summed E-state index contributed by atoms with van der Waals surface area (Å²) < 4.78 is 10.1. The lowest BCUT2D eigenvalue weighted by Gasteiger charge is -2.33. The molecule has 0 saturated heterocycles. The number of rotatable bonds is 7. The molecule has 0 N–H and O–H groups in total. The fraction of sp³-hybridized carbons (Fsp3) is 0.200. The molecule has 0 aromatic heterocycles.